The van der Waals surface area contributed by atoms with E-state index >= 15 is 0 Å². The number of nitrogens with one attached hydrogen (secondary N) is 1. The fraction of sp³-hybridized carbons (Fsp3) is 0.143. The monoisotopic (exact) mass is 258 g/mol. The first-order valence-corrected chi connectivity index (χ1v) is 6.50. The van der Waals surface area contributed by atoms with E-state index in [1.165, 1.54) is 0 Å². The maximum atomic E-state index is 11.8. The standard InChI is InChI=1S/C14H14N2OS/c1-10-5-7-12(8-6-10)14(17)16-15-11(2)13-4-3-9-18-13/h3-9H,1-2H3,(H,16,17). The van der Waals surface area contributed by atoms with Gasteiger partial charge in [0, 0.05) is 10.4 Å². The number of aryl methyl sites for hydroxylation is 1. The van der Waals surface area contributed by atoms with Gasteiger partial charge in [0.15, 0.2) is 0 Å². The molecular weight excluding hydrogens is 244 g/mol. The third-order valence-corrected chi connectivity index (χ3v) is 3.50. The molecule has 0 bridgehead atoms. The van der Waals surface area contributed by atoms with Crippen LogP contribution in [0.25, 0.3) is 0 Å². The second kappa shape index (κ2) is 5.60. The quantitative estimate of drug-likeness (QED) is 0.666. The molecule has 0 unspecified atom stereocenters. The lowest BCUT2D eigenvalue weighted by Crippen LogP contribution is -2.19. The van der Waals surface area contributed by atoms with E-state index < -0.39 is 0 Å². The van der Waals surface area contributed by atoms with Gasteiger partial charge in [-0.3, -0.25) is 4.79 Å². The van der Waals surface area contributed by atoms with Crippen LogP contribution in [0.3, 0.4) is 0 Å². The first-order chi connectivity index (χ1) is 8.66. The third-order valence-electron chi connectivity index (χ3n) is 2.52. The zero-order chi connectivity index (χ0) is 13.0. The summed E-state index contributed by atoms with van der Waals surface area (Å²) in [5.74, 6) is -0.189. The predicted molar refractivity (Wildman–Crippen MR) is 75.2 cm³/mol. The number of amides is 1. The molecule has 2 rings (SSSR count). The van der Waals surface area contributed by atoms with Crippen LogP contribution in [0.5, 0.6) is 0 Å². The molecule has 0 aliphatic rings. The summed E-state index contributed by atoms with van der Waals surface area (Å²) < 4.78 is 0. The van der Waals surface area contributed by atoms with Gasteiger partial charge in [0.2, 0.25) is 0 Å². The van der Waals surface area contributed by atoms with Gasteiger partial charge < -0.3 is 0 Å². The first-order valence-electron chi connectivity index (χ1n) is 5.62. The Morgan fingerprint density at radius 2 is 1.94 bits per heavy atom. The molecule has 1 heterocycles. The van der Waals surface area contributed by atoms with Crippen molar-refractivity contribution in [2.75, 3.05) is 0 Å². The Labute approximate surface area is 110 Å². The van der Waals surface area contributed by atoms with Crippen molar-refractivity contribution < 1.29 is 4.79 Å². The van der Waals surface area contributed by atoms with Gasteiger partial charge in [0.1, 0.15) is 0 Å². The molecule has 1 aromatic carbocycles. The molecule has 92 valence electrons. The highest BCUT2D eigenvalue weighted by Gasteiger charge is 2.04. The first kappa shape index (κ1) is 12.5. The lowest BCUT2D eigenvalue weighted by molar-refractivity contribution is 0.0955. The van der Waals surface area contributed by atoms with Crippen molar-refractivity contribution in [3.63, 3.8) is 0 Å². The zero-order valence-electron chi connectivity index (χ0n) is 10.3. The van der Waals surface area contributed by atoms with Gasteiger partial charge in [0.25, 0.3) is 5.91 Å². The SMILES string of the molecule is CC(=NNC(=O)c1ccc(C)cc1)c1cccs1. The summed E-state index contributed by atoms with van der Waals surface area (Å²) in [6, 6.07) is 11.3. The van der Waals surface area contributed by atoms with Crippen LogP contribution < -0.4 is 5.43 Å². The fourth-order valence-corrected chi connectivity index (χ4v) is 2.12. The molecule has 2 aromatic rings. The molecule has 18 heavy (non-hydrogen) atoms. The summed E-state index contributed by atoms with van der Waals surface area (Å²) in [6.45, 7) is 3.86. The van der Waals surface area contributed by atoms with Crippen LogP contribution in [0, 0.1) is 6.92 Å². The van der Waals surface area contributed by atoms with Gasteiger partial charge in [-0.15, -0.1) is 11.3 Å². The highest BCUT2D eigenvalue weighted by Crippen LogP contribution is 2.09. The summed E-state index contributed by atoms with van der Waals surface area (Å²) in [4.78, 5) is 12.9. The molecule has 0 radical (unpaired) electrons. The van der Waals surface area contributed by atoms with Crippen LogP contribution in [0.15, 0.2) is 46.9 Å². The lowest BCUT2D eigenvalue weighted by atomic mass is 10.1. The molecule has 4 heteroatoms. The van der Waals surface area contributed by atoms with Crippen LogP contribution in [-0.4, -0.2) is 11.6 Å². The molecule has 0 aliphatic carbocycles. The second-order valence-corrected chi connectivity index (χ2v) is 4.93. The summed E-state index contributed by atoms with van der Waals surface area (Å²) in [5, 5.41) is 6.08. The highest BCUT2D eigenvalue weighted by molar-refractivity contribution is 7.12. The Morgan fingerprint density at radius 1 is 1.22 bits per heavy atom. The Hall–Kier alpha value is -1.94. The molecule has 1 amide bonds. The predicted octanol–water partition coefficient (Wildman–Crippen LogP) is 3.21. The van der Waals surface area contributed by atoms with Gasteiger partial charge in [0.05, 0.1) is 5.71 Å². The van der Waals surface area contributed by atoms with Crippen LogP contribution in [0.4, 0.5) is 0 Å². The van der Waals surface area contributed by atoms with Crippen molar-refractivity contribution in [1.82, 2.24) is 5.43 Å². The zero-order valence-corrected chi connectivity index (χ0v) is 11.1. The third kappa shape index (κ3) is 3.05. The minimum Gasteiger partial charge on any atom is -0.267 e. The molecule has 0 saturated carbocycles. The average Bonchev–Trinajstić information content (AvgIpc) is 2.90. The number of hydrazone groups is 1. The van der Waals surface area contributed by atoms with E-state index in [1.54, 1.807) is 23.5 Å². The Morgan fingerprint density at radius 3 is 2.56 bits per heavy atom. The summed E-state index contributed by atoms with van der Waals surface area (Å²) in [6.07, 6.45) is 0. The number of carbonyl (C=O) groups excluding carboxylic acids is 1. The summed E-state index contributed by atoms with van der Waals surface area (Å²) in [5.41, 5.74) is 5.12. The number of hydrogen-bond donors (Lipinski definition) is 1. The number of carbonyl (C=O) groups is 1. The van der Waals surface area contributed by atoms with Crippen LogP contribution >= 0.6 is 11.3 Å². The Balaban J connectivity index is 2.04. The van der Waals surface area contributed by atoms with Crippen molar-refractivity contribution >= 4 is 23.0 Å². The number of hydrogen-bond acceptors (Lipinski definition) is 3. The smallest absolute Gasteiger partial charge is 0.267 e. The molecule has 3 nitrogen and oxygen atoms in total. The molecule has 0 fully saturated rings. The highest BCUT2D eigenvalue weighted by atomic mass is 32.1. The summed E-state index contributed by atoms with van der Waals surface area (Å²) in [7, 11) is 0. The lowest BCUT2D eigenvalue weighted by Gasteiger charge is -2.01. The number of benzene rings is 1. The molecular formula is C14H14N2OS. The van der Waals surface area contributed by atoms with Crippen molar-refractivity contribution in [3.8, 4) is 0 Å². The average molecular weight is 258 g/mol. The van der Waals surface area contributed by atoms with E-state index in [9.17, 15) is 4.79 Å². The topological polar surface area (TPSA) is 41.5 Å². The van der Waals surface area contributed by atoms with Crippen LogP contribution in [0.2, 0.25) is 0 Å². The van der Waals surface area contributed by atoms with E-state index in [2.05, 4.69) is 10.5 Å². The number of thiophene rings is 1. The van der Waals surface area contributed by atoms with Gasteiger partial charge >= 0.3 is 0 Å². The largest absolute Gasteiger partial charge is 0.271 e. The van der Waals surface area contributed by atoms with Gasteiger partial charge in [-0.05, 0) is 37.4 Å². The molecule has 0 aliphatic heterocycles. The van der Waals surface area contributed by atoms with E-state index in [1.807, 2.05) is 43.5 Å². The normalized spacial score (nSPS) is 11.3. The molecule has 0 saturated heterocycles. The minimum absolute atomic E-state index is 0.189. The van der Waals surface area contributed by atoms with Crippen molar-refractivity contribution in [1.29, 1.82) is 0 Å². The van der Waals surface area contributed by atoms with E-state index in [0.29, 0.717) is 5.56 Å². The van der Waals surface area contributed by atoms with Crippen molar-refractivity contribution in [3.05, 3.63) is 57.8 Å². The molecule has 0 spiro atoms. The van der Waals surface area contributed by atoms with Crippen molar-refractivity contribution in [2.24, 2.45) is 5.10 Å². The van der Waals surface area contributed by atoms with E-state index in [4.69, 9.17) is 0 Å². The van der Waals surface area contributed by atoms with Crippen molar-refractivity contribution in [2.45, 2.75) is 13.8 Å². The van der Waals surface area contributed by atoms with Gasteiger partial charge in [-0.2, -0.15) is 5.10 Å². The molecule has 0 atom stereocenters. The maximum absolute atomic E-state index is 11.8. The van der Waals surface area contributed by atoms with Crippen LogP contribution in [0.1, 0.15) is 27.7 Å². The summed E-state index contributed by atoms with van der Waals surface area (Å²) >= 11 is 1.60. The number of rotatable bonds is 3. The molecule has 1 N–H and O–H groups in total. The Bertz CT molecular complexity index is 556. The molecule has 1 aromatic heterocycles. The van der Waals surface area contributed by atoms with E-state index in [-0.39, 0.29) is 5.91 Å². The number of nitrogens with zero attached hydrogens (tertiary/aromatic N) is 1. The maximum Gasteiger partial charge on any atom is 0.271 e. The van der Waals surface area contributed by atoms with Crippen LogP contribution in [-0.2, 0) is 0 Å². The fourth-order valence-electron chi connectivity index (χ4n) is 1.44. The minimum atomic E-state index is -0.189. The Kier molecular flexibility index (Phi) is 3.89. The second-order valence-electron chi connectivity index (χ2n) is 3.98. The van der Waals surface area contributed by atoms with Gasteiger partial charge in [-0.25, -0.2) is 5.43 Å². The van der Waals surface area contributed by atoms with Gasteiger partial charge in [-0.1, -0.05) is 23.8 Å². The van der Waals surface area contributed by atoms with E-state index in [0.717, 1.165) is 16.2 Å².